The van der Waals surface area contributed by atoms with Crippen molar-refractivity contribution < 1.29 is 28.2 Å². The molecule has 1 aliphatic heterocycles. The monoisotopic (exact) mass is 499 g/mol. The summed E-state index contributed by atoms with van der Waals surface area (Å²) in [6, 6.07) is 9.79. The predicted molar refractivity (Wildman–Crippen MR) is 135 cm³/mol. The van der Waals surface area contributed by atoms with E-state index in [2.05, 4.69) is 5.32 Å². The second-order valence-corrected chi connectivity index (χ2v) is 9.17. The van der Waals surface area contributed by atoms with Gasteiger partial charge in [-0.25, -0.2) is 4.39 Å². The molecule has 3 atom stereocenters. The summed E-state index contributed by atoms with van der Waals surface area (Å²) in [6.45, 7) is 6.73. The third-order valence-corrected chi connectivity index (χ3v) is 6.43. The molecule has 0 saturated heterocycles. The Morgan fingerprint density at radius 3 is 2.47 bits per heavy atom. The first-order chi connectivity index (χ1) is 17.1. The molecule has 2 aromatic carbocycles. The SMILES string of the molecule is CCC(=O)N1C[C@H](C)[C@@H](OC)CN(C)C(=O)c2cc(NC(=O)c3ccc(F)cc3)ccc2OC[C@@H]1C. The average molecular weight is 500 g/mol. The molecule has 1 heterocycles. The highest BCUT2D eigenvalue weighted by molar-refractivity contribution is 6.05. The molecule has 0 aromatic heterocycles. The number of hydrogen-bond donors (Lipinski definition) is 1. The van der Waals surface area contributed by atoms with E-state index in [-0.39, 0.29) is 47.6 Å². The summed E-state index contributed by atoms with van der Waals surface area (Å²) < 4.78 is 24.9. The molecule has 2 aromatic rings. The first-order valence-corrected chi connectivity index (χ1v) is 12.1. The van der Waals surface area contributed by atoms with Crippen LogP contribution >= 0.6 is 0 Å². The summed E-state index contributed by atoms with van der Waals surface area (Å²) in [4.78, 5) is 42.1. The van der Waals surface area contributed by atoms with E-state index in [9.17, 15) is 18.8 Å². The zero-order valence-corrected chi connectivity index (χ0v) is 21.4. The molecule has 3 amide bonds. The molecule has 0 unspecified atom stereocenters. The van der Waals surface area contributed by atoms with Crippen LogP contribution in [0, 0.1) is 11.7 Å². The van der Waals surface area contributed by atoms with Gasteiger partial charge in [0.15, 0.2) is 0 Å². The Balaban J connectivity index is 1.93. The summed E-state index contributed by atoms with van der Waals surface area (Å²) in [5.74, 6) is -0.803. The van der Waals surface area contributed by atoms with E-state index in [1.165, 1.54) is 24.3 Å². The van der Waals surface area contributed by atoms with E-state index in [0.717, 1.165) is 0 Å². The van der Waals surface area contributed by atoms with Gasteiger partial charge in [0.05, 0.1) is 17.7 Å². The normalized spacial score (nSPS) is 21.1. The van der Waals surface area contributed by atoms with Crippen molar-refractivity contribution in [3.05, 3.63) is 59.4 Å². The van der Waals surface area contributed by atoms with E-state index in [1.54, 1.807) is 42.2 Å². The molecule has 8 nitrogen and oxygen atoms in total. The van der Waals surface area contributed by atoms with Gasteiger partial charge in [-0.05, 0) is 49.4 Å². The number of nitrogens with one attached hydrogen (secondary N) is 1. The highest BCUT2D eigenvalue weighted by Gasteiger charge is 2.30. The van der Waals surface area contributed by atoms with Gasteiger partial charge < -0.3 is 24.6 Å². The van der Waals surface area contributed by atoms with Crippen molar-refractivity contribution in [2.45, 2.75) is 39.3 Å². The van der Waals surface area contributed by atoms with Gasteiger partial charge in [-0.15, -0.1) is 0 Å². The van der Waals surface area contributed by atoms with E-state index in [1.807, 2.05) is 20.8 Å². The number of halogens is 1. The fraction of sp³-hybridized carbons (Fsp3) is 0.444. The van der Waals surface area contributed by atoms with Crippen LogP contribution in [-0.2, 0) is 9.53 Å². The summed E-state index contributed by atoms with van der Waals surface area (Å²) in [5.41, 5.74) is 0.960. The van der Waals surface area contributed by atoms with Gasteiger partial charge in [-0.3, -0.25) is 14.4 Å². The van der Waals surface area contributed by atoms with Gasteiger partial charge in [0.2, 0.25) is 5.91 Å². The van der Waals surface area contributed by atoms with Crippen LogP contribution in [0.2, 0.25) is 0 Å². The molecular formula is C27H34FN3O5. The highest BCUT2D eigenvalue weighted by Crippen LogP contribution is 2.27. The Morgan fingerprint density at radius 2 is 1.83 bits per heavy atom. The van der Waals surface area contributed by atoms with Crippen LogP contribution in [0.25, 0.3) is 0 Å². The van der Waals surface area contributed by atoms with E-state index in [4.69, 9.17) is 9.47 Å². The number of methoxy groups -OCH3 is 1. The molecule has 1 aliphatic rings. The minimum Gasteiger partial charge on any atom is -0.491 e. The third-order valence-electron chi connectivity index (χ3n) is 6.43. The fourth-order valence-electron chi connectivity index (χ4n) is 4.21. The van der Waals surface area contributed by atoms with Crippen molar-refractivity contribution in [2.24, 2.45) is 5.92 Å². The van der Waals surface area contributed by atoms with Crippen LogP contribution in [0.15, 0.2) is 42.5 Å². The summed E-state index contributed by atoms with van der Waals surface area (Å²) in [6.07, 6.45) is 0.0873. The molecule has 0 radical (unpaired) electrons. The fourth-order valence-corrected chi connectivity index (χ4v) is 4.21. The molecular weight excluding hydrogens is 465 g/mol. The van der Waals surface area contributed by atoms with Crippen molar-refractivity contribution in [3.63, 3.8) is 0 Å². The van der Waals surface area contributed by atoms with Crippen molar-refractivity contribution in [1.82, 2.24) is 9.80 Å². The van der Waals surface area contributed by atoms with Gasteiger partial charge >= 0.3 is 0 Å². The summed E-state index contributed by atoms with van der Waals surface area (Å²) in [5, 5.41) is 2.75. The largest absolute Gasteiger partial charge is 0.491 e. The Bertz CT molecular complexity index is 1090. The van der Waals surface area contributed by atoms with Crippen LogP contribution in [0.5, 0.6) is 5.75 Å². The van der Waals surface area contributed by atoms with Gasteiger partial charge in [-0.2, -0.15) is 0 Å². The molecule has 1 N–H and O–H groups in total. The molecule has 0 fully saturated rings. The average Bonchev–Trinajstić information content (AvgIpc) is 2.87. The minimum atomic E-state index is -0.436. The third kappa shape index (κ3) is 6.40. The lowest BCUT2D eigenvalue weighted by Gasteiger charge is -2.36. The smallest absolute Gasteiger partial charge is 0.257 e. The van der Waals surface area contributed by atoms with E-state index < -0.39 is 11.7 Å². The second kappa shape index (κ2) is 12.0. The first-order valence-electron chi connectivity index (χ1n) is 12.1. The summed E-state index contributed by atoms with van der Waals surface area (Å²) in [7, 11) is 3.28. The lowest BCUT2D eigenvalue weighted by molar-refractivity contribution is -0.135. The van der Waals surface area contributed by atoms with E-state index >= 15 is 0 Å². The number of likely N-dealkylation sites (N-methyl/N-ethyl adjacent to an activating group) is 1. The molecule has 194 valence electrons. The van der Waals surface area contributed by atoms with Crippen LogP contribution in [0.1, 0.15) is 47.9 Å². The lowest BCUT2D eigenvalue weighted by Crippen LogP contribution is -2.48. The number of ether oxygens (including phenoxy) is 2. The summed E-state index contributed by atoms with van der Waals surface area (Å²) >= 11 is 0. The maximum absolute atomic E-state index is 13.4. The Kier molecular flexibility index (Phi) is 9.03. The number of amides is 3. The number of benzene rings is 2. The maximum atomic E-state index is 13.4. The van der Waals surface area contributed by atoms with Gasteiger partial charge in [0.1, 0.15) is 18.2 Å². The number of fused-ring (bicyclic) bond motifs is 1. The number of carbonyl (C=O) groups excluding carboxylic acids is 3. The van der Waals surface area contributed by atoms with Crippen LogP contribution < -0.4 is 10.1 Å². The Morgan fingerprint density at radius 1 is 1.14 bits per heavy atom. The van der Waals surface area contributed by atoms with Gasteiger partial charge in [0, 0.05) is 50.8 Å². The second-order valence-electron chi connectivity index (χ2n) is 9.17. The minimum absolute atomic E-state index is 0.0216. The Labute approximate surface area is 211 Å². The standard InChI is InChI=1S/C27H34FN3O5/c1-6-25(32)31-14-17(2)24(35-5)15-30(4)27(34)22-13-21(11-12-23(22)36-16-18(31)3)29-26(33)19-7-9-20(28)10-8-19/h7-13,17-18,24H,6,14-16H2,1-5H3,(H,29,33)/t17-,18-,24-/m0/s1. The quantitative estimate of drug-likeness (QED) is 0.691. The Hall–Kier alpha value is -3.46. The van der Waals surface area contributed by atoms with Crippen molar-refractivity contribution in [2.75, 3.05) is 39.2 Å². The number of rotatable bonds is 4. The molecule has 0 spiro atoms. The van der Waals surface area contributed by atoms with Crippen LogP contribution in [0.4, 0.5) is 10.1 Å². The van der Waals surface area contributed by atoms with Gasteiger partial charge in [0.25, 0.3) is 11.8 Å². The predicted octanol–water partition coefficient (Wildman–Crippen LogP) is 3.82. The number of carbonyl (C=O) groups is 3. The van der Waals surface area contributed by atoms with Crippen molar-refractivity contribution in [1.29, 1.82) is 0 Å². The zero-order chi connectivity index (χ0) is 26.4. The number of hydrogen-bond acceptors (Lipinski definition) is 5. The maximum Gasteiger partial charge on any atom is 0.257 e. The van der Waals surface area contributed by atoms with Crippen LogP contribution in [-0.4, -0.2) is 73.5 Å². The zero-order valence-electron chi connectivity index (χ0n) is 21.4. The highest BCUT2D eigenvalue weighted by atomic mass is 19.1. The molecule has 0 bridgehead atoms. The van der Waals surface area contributed by atoms with Crippen molar-refractivity contribution in [3.8, 4) is 5.75 Å². The number of anilines is 1. The van der Waals surface area contributed by atoms with Crippen molar-refractivity contribution >= 4 is 23.4 Å². The molecule has 36 heavy (non-hydrogen) atoms. The molecule has 0 saturated carbocycles. The van der Waals surface area contributed by atoms with Gasteiger partial charge in [-0.1, -0.05) is 13.8 Å². The molecule has 9 heteroatoms. The molecule has 3 rings (SSSR count). The lowest BCUT2D eigenvalue weighted by atomic mass is 10.0. The van der Waals surface area contributed by atoms with E-state index in [0.29, 0.717) is 30.9 Å². The molecule has 0 aliphatic carbocycles. The first kappa shape index (κ1) is 27.1. The van der Waals surface area contributed by atoms with Crippen LogP contribution in [0.3, 0.4) is 0 Å². The number of nitrogens with zero attached hydrogens (tertiary/aromatic N) is 2. The topological polar surface area (TPSA) is 88.2 Å².